The Balaban J connectivity index is 1.53. The highest BCUT2D eigenvalue weighted by Crippen LogP contribution is 2.34. The molecule has 2 heterocycles. The van der Waals surface area contributed by atoms with Crippen molar-refractivity contribution >= 4 is 39.7 Å². The van der Waals surface area contributed by atoms with E-state index in [4.69, 9.17) is 0 Å². The Bertz CT molecular complexity index is 1300. The number of anilines is 1. The monoisotopic (exact) mass is 485 g/mol. The normalized spacial score (nSPS) is 15.1. The molecule has 1 fully saturated rings. The van der Waals surface area contributed by atoms with Crippen LogP contribution in [0.5, 0.6) is 0 Å². The van der Waals surface area contributed by atoms with Crippen molar-refractivity contribution in [1.29, 1.82) is 0 Å². The molecule has 0 spiro atoms. The first kappa shape index (κ1) is 23.4. The maximum absolute atomic E-state index is 14.1. The summed E-state index contributed by atoms with van der Waals surface area (Å²) < 4.78 is 0. The molecule has 5 rings (SSSR count). The van der Waals surface area contributed by atoms with Gasteiger partial charge in [0.15, 0.2) is 0 Å². The lowest BCUT2D eigenvalue weighted by Crippen LogP contribution is -2.47. The second-order valence-corrected chi connectivity index (χ2v) is 10.3. The Kier molecular flexibility index (Phi) is 7.00. The lowest BCUT2D eigenvalue weighted by Gasteiger charge is -2.33. The van der Waals surface area contributed by atoms with Crippen molar-refractivity contribution in [3.05, 3.63) is 88.2 Å². The number of rotatable bonds is 7. The van der Waals surface area contributed by atoms with Gasteiger partial charge in [-0.3, -0.25) is 14.5 Å². The van der Waals surface area contributed by atoms with E-state index in [1.165, 1.54) is 17.8 Å². The maximum Gasteiger partial charge on any atom is 0.248 e. The van der Waals surface area contributed by atoms with Gasteiger partial charge in [-0.1, -0.05) is 61.7 Å². The van der Waals surface area contributed by atoms with Crippen molar-refractivity contribution in [2.75, 3.05) is 4.90 Å². The second-order valence-electron chi connectivity index (χ2n) is 9.35. The summed E-state index contributed by atoms with van der Waals surface area (Å²) in [6.07, 6.45) is 7.59. The van der Waals surface area contributed by atoms with Crippen LogP contribution >= 0.6 is 11.3 Å². The molecule has 6 heteroatoms. The SMILES string of the molecule is Cc1ccccc1N(C(=O)Cc1c[nH]c2ccccc12)[C@@H](C(=O)NC1CCCCC1)c1cccs1. The van der Waals surface area contributed by atoms with Gasteiger partial charge in [0.05, 0.1) is 6.42 Å². The van der Waals surface area contributed by atoms with Crippen molar-refractivity contribution in [1.82, 2.24) is 10.3 Å². The average molecular weight is 486 g/mol. The molecule has 180 valence electrons. The topological polar surface area (TPSA) is 65.2 Å². The molecule has 0 bridgehead atoms. The zero-order valence-corrected chi connectivity index (χ0v) is 20.8. The van der Waals surface area contributed by atoms with E-state index < -0.39 is 6.04 Å². The predicted molar refractivity (Wildman–Crippen MR) is 143 cm³/mol. The van der Waals surface area contributed by atoms with E-state index in [1.807, 2.05) is 79.2 Å². The van der Waals surface area contributed by atoms with Crippen LogP contribution in [0, 0.1) is 6.92 Å². The number of nitrogens with zero attached hydrogens (tertiary/aromatic N) is 1. The standard InChI is InChI=1S/C29H31N3O2S/c1-20-10-5-8-15-25(20)32(27(33)18-21-19-30-24-14-7-6-13-23(21)24)28(26-16-9-17-35-26)29(34)31-22-11-3-2-4-12-22/h5-10,13-17,19,22,28,30H,2-4,11-12,18H2,1H3,(H,31,34)/t28-/m1/s1. The number of aromatic nitrogens is 1. The van der Waals surface area contributed by atoms with Crippen LogP contribution in [0.3, 0.4) is 0 Å². The summed E-state index contributed by atoms with van der Waals surface area (Å²) in [5.41, 5.74) is 3.67. The summed E-state index contributed by atoms with van der Waals surface area (Å²) >= 11 is 1.52. The molecule has 0 aliphatic heterocycles. The molecule has 0 radical (unpaired) electrons. The molecule has 1 aliphatic carbocycles. The van der Waals surface area contributed by atoms with Crippen molar-refractivity contribution in [3.63, 3.8) is 0 Å². The Morgan fingerprint density at radius 2 is 1.80 bits per heavy atom. The lowest BCUT2D eigenvalue weighted by molar-refractivity contribution is -0.127. The van der Waals surface area contributed by atoms with Gasteiger partial charge in [0.1, 0.15) is 6.04 Å². The highest BCUT2D eigenvalue weighted by Gasteiger charge is 2.35. The number of hydrogen-bond donors (Lipinski definition) is 2. The number of amides is 2. The van der Waals surface area contributed by atoms with Crippen molar-refractivity contribution in [2.45, 2.75) is 57.5 Å². The third-order valence-corrected chi connectivity index (χ3v) is 7.86. The summed E-state index contributed by atoms with van der Waals surface area (Å²) in [6.45, 7) is 1.99. The number of nitrogens with one attached hydrogen (secondary N) is 2. The number of para-hydroxylation sites is 2. The number of aryl methyl sites for hydroxylation is 1. The van der Waals surface area contributed by atoms with Crippen LogP contribution in [0.4, 0.5) is 5.69 Å². The summed E-state index contributed by atoms with van der Waals surface area (Å²) in [4.78, 5) is 33.8. The molecular formula is C29H31N3O2S. The van der Waals surface area contributed by atoms with Gasteiger partial charge in [0.25, 0.3) is 0 Å². The fourth-order valence-electron chi connectivity index (χ4n) is 5.12. The average Bonchev–Trinajstić information content (AvgIpc) is 3.54. The first-order valence-corrected chi connectivity index (χ1v) is 13.3. The smallest absolute Gasteiger partial charge is 0.248 e. The molecule has 2 N–H and O–H groups in total. The molecule has 1 atom stereocenters. The van der Waals surface area contributed by atoms with Crippen LogP contribution in [0.2, 0.25) is 0 Å². The van der Waals surface area contributed by atoms with Gasteiger partial charge >= 0.3 is 0 Å². The summed E-state index contributed by atoms with van der Waals surface area (Å²) in [7, 11) is 0. The quantitative estimate of drug-likeness (QED) is 0.322. The van der Waals surface area contributed by atoms with Crippen LogP contribution < -0.4 is 10.2 Å². The summed E-state index contributed by atoms with van der Waals surface area (Å²) in [5, 5.41) is 6.29. The van der Waals surface area contributed by atoms with E-state index in [2.05, 4.69) is 10.3 Å². The highest BCUT2D eigenvalue weighted by molar-refractivity contribution is 7.10. The van der Waals surface area contributed by atoms with Gasteiger partial charge in [-0.2, -0.15) is 0 Å². The number of benzene rings is 2. The van der Waals surface area contributed by atoms with Crippen molar-refractivity contribution in [3.8, 4) is 0 Å². The largest absolute Gasteiger partial charge is 0.361 e. The van der Waals surface area contributed by atoms with Crippen LogP contribution in [-0.2, 0) is 16.0 Å². The molecule has 2 amide bonds. The van der Waals surface area contributed by atoms with Crippen LogP contribution in [0.25, 0.3) is 10.9 Å². The minimum atomic E-state index is -0.712. The number of fused-ring (bicyclic) bond motifs is 1. The van der Waals surface area contributed by atoms with E-state index in [9.17, 15) is 9.59 Å². The Morgan fingerprint density at radius 1 is 1.03 bits per heavy atom. The van der Waals surface area contributed by atoms with E-state index >= 15 is 0 Å². The van der Waals surface area contributed by atoms with Crippen molar-refractivity contribution in [2.24, 2.45) is 0 Å². The minimum Gasteiger partial charge on any atom is -0.361 e. The molecule has 1 saturated carbocycles. The van der Waals surface area contributed by atoms with E-state index in [0.29, 0.717) is 0 Å². The number of carbonyl (C=O) groups excluding carboxylic acids is 2. The van der Waals surface area contributed by atoms with Gasteiger partial charge in [-0.05, 0) is 54.5 Å². The summed E-state index contributed by atoms with van der Waals surface area (Å²) in [5.74, 6) is -0.198. The minimum absolute atomic E-state index is 0.0961. The van der Waals surface area contributed by atoms with Gasteiger partial charge in [-0.15, -0.1) is 11.3 Å². The molecule has 2 aromatic heterocycles. The molecule has 4 aromatic rings. The molecule has 1 aliphatic rings. The Morgan fingerprint density at radius 3 is 2.57 bits per heavy atom. The number of thiophene rings is 1. The predicted octanol–water partition coefficient (Wildman–Crippen LogP) is 6.30. The van der Waals surface area contributed by atoms with Crippen LogP contribution in [0.1, 0.15) is 54.1 Å². The summed E-state index contributed by atoms with van der Waals surface area (Å²) in [6, 6.07) is 19.2. The lowest BCUT2D eigenvalue weighted by atomic mass is 9.95. The third kappa shape index (κ3) is 5.03. The number of H-pyrrole nitrogens is 1. The molecule has 0 saturated heterocycles. The third-order valence-electron chi connectivity index (χ3n) is 6.93. The Labute approximate surface area is 210 Å². The fraction of sp³-hybridized carbons (Fsp3) is 0.310. The van der Waals surface area contributed by atoms with Gasteiger partial charge in [-0.25, -0.2) is 0 Å². The zero-order valence-electron chi connectivity index (χ0n) is 20.0. The first-order chi connectivity index (χ1) is 17.1. The first-order valence-electron chi connectivity index (χ1n) is 12.4. The van der Waals surface area contributed by atoms with Crippen LogP contribution in [0.15, 0.2) is 72.2 Å². The zero-order chi connectivity index (χ0) is 24.2. The molecule has 0 unspecified atom stereocenters. The van der Waals surface area contributed by atoms with Gasteiger partial charge in [0.2, 0.25) is 11.8 Å². The maximum atomic E-state index is 14.1. The van der Waals surface area contributed by atoms with Crippen LogP contribution in [-0.4, -0.2) is 22.8 Å². The fourth-order valence-corrected chi connectivity index (χ4v) is 5.94. The second kappa shape index (κ2) is 10.5. The van der Waals surface area contributed by atoms with Crippen molar-refractivity contribution < 1.29 is 9.59 Å². The number of hydrogen-bond acceptors (Lipinski definition) is 3. The molecule has 5 nitrogen and oxygen atoms in total. The molecule has 2 aromatic carbocycles. The Hall–Kier alpha value is -3.38. The highest BCUT2D eigenvalue weighted by atomic mass is 32.1. The van der Waals surface area contributed by atoms with E-state index in [1.54, 1.807) is 4.90 Å². The molecule has 35 heavy (non-hydrogen) atoms. The molecular weight excluding hydrogens is 454 g/mol. The van der Waals surface area contributed by atoms with E-state index in [0.717, 1.165) is 58.3 Å². The number of aromatic amines is 1. The van der Waals surface area contributed by atoms with E-state index in [-0.39, 0.29) is 24.3 Å². The van der Waals surface area contributed by atoms with Gasteiger partial charge in [0, 0.05) is 33.7 Å². The van der Waals surface area contributed by atoms with Gasteiger partial charge < -0.3 is 10.3 Å². The number of carbonyl (C=O) groups is 2.